The molecule has 0 spiro atoms. The minimum absolute atomic E-state index is 0.263. The van der Waals surface area contributed by atoms with Crippen molar-refractivity contribution in [3.05, 3.63) is 54.7 Å². The molecule has 0 amide bonds. The molecular weight excluding hydrogens is 226 g/mol. The standard InChI is InChI=1S/C14H11N3O/c15-14-16-9-11-12(17-14)7-4-8-13(11)18-10-5-2-1-3-6-10/h1-9H,(H2,15,16,17). The summed E-state index contributed by atoms with van der Waals surface area (Å²) in [7, 11) is 0. The van der Waals surface area contributed by atoms with Gasteiger partial charge in [0.05, 0.1) is 10.9 Å². The third-order valence-electron chi connectivity index (χ3n) is 2.58. The van der Waals surface area contributed by atoms with Crippen LogP contribution in [0.3, 0.4) is 0 Å². The average molecular weight is 237 g/mol. The minimum Gasteiger partial charge on any atom is -0.457 e. The molecule has 1 aromatic heterocycles. The van der Waals surface area contributed by atoms with Crippen LogP contribution in [0.15, 0.2) is 54.7 Å². The zero-order chi connectivity index (χ0) is 12.4. The summed E-state index contributed by atoms with van der Waals surface area (Å²) in [5, 5.41) is 0.843. The Hall–Kier alpha value is -2.62. The molecule has 0 saturated carbocycles. The van der Waals surface area contributed by atoms with Crippen LogP contribution in [0.2, 0.25) is 0 Å². The Morgan fingerprint density at radius 3 is 2.61 bits per heavy atom. The largest absolute Gasteiger partial charge is 0.457 e. The maximum absolute atomic E-state index is 5.81. The van der Waals surface area contributed by atoms with Gasteiger partial charge in [-0.3, -0.25) is 0 Å². The van der Waals surface area contributed by atoms with Gasteiger partial charge in [0.2, 0.25) is 5.95 Å². The second-order valence-corrected chi connectivity index (χ2v) is 3.83. The van der Waals surface area contributed by atoms with Crippen LogP contribution in [0.4, 0.5) is 5.95 Å². The van der Waals surface area contributed by atoms with Crippen molar-refractivity contribution >= 4 is 16.9 Å². The Bertz CT molecular complexity index is 683. The number of hydrogen-bond donors (Lipinski definition) is 1. The van der Waals surface area contributed by atoms with E-state index in [1.165, 1.54) is 0 Å². The van der Waals surface area contributed by atoms with Gasteiger partial charge in [0.25, 0.3) is 0 Å². The fraction of sp³-hybridized carbons (Fsp3) is 0. The molecule has 4 heteroatoms. The average Bonchev–Trinajstić information content (AvgIpc) is 2.40. The number of nitrogen functional groups attached to an aromatic ring is 1. The Morgan fingerprint density at radius 1 is 0.944 bits per heavy atom. The summed E-state index contributed by atoms with van der Waals surface area (Å²) < 4.78 is 5.81. The zero-order valence-electron chi connectivity index (χ0n) is 9.58. The van der Waals surface area contributed by atoms with Crippen molar-refractivity contribution in [3.63, 3.8) is 0 Å². The van der Waals surface area contributed by atoms with Crippen LogP contribution in [0.5, 0.6) is 11.5 Å². The first-order valence-corrected chi connectivity index (χ1v) is 5.57. The minimum atomic E-state index is 0.263. The van der Waals surface area contributed by atoms with Gasteiger partial charge in [0.1, 0.15) is 11.5 Å². The molecule has 2 aromatic carbocycles. The van der Waals surface area contributed by atoms with Gasteiger partial charge in [0, 0.05) is 6.20 Å². The number of nitrogens with two attached hydrogens (primary N) is 1. The number of para-hydroxylation sites is 1. The van der Waals surface area contributed by atoms with Crippen LogP contribution >= 0.6 is 0 Å². The highest BCUT2D eigenvalue weighted by Gasteiger charge is 2.05. The van der Waals surface area contributed by atoms with Gasteiger partial charge in [-0.25, -0.2) is 9.97 Å². The summed E-state index contributed by atoms with van der Waals surface area (Å²) in [5.74, 6) is 1.76. The summed E-state index contributed by atoms with van der Waals surface area (Å²) in [6.45, 7) is 0. The quantitative estimate of drug-likeness (QED) is 0.744. The van der Waals surface area contributed by atoms with Crippen molar-refractivity contribution in [1.82, 2.24) is 9.97 Å². The van der Waals surface area contributed by atoms with Crippen molar-refractivity contribution in [2.45, 2.75) is 0 Å². The smallest absolute Gasteiger partial charge is 0.220 e. The van der Waals surface area contributed by atoms with Gasteiger partial charge in [-0.15, -0.1) is 0 Å². The number of anilines is 1. The van der Waals surface area contributed by atoms with E-state index in [2.05, 4.69) is 9.97 Å². The predicted molar refractivity (Wildman–Crippen MR) is 70.5 cm³/mol. The SMILES string of the molecule is Nc1ncc2c(Oc3ccccc3)cccc2n1. The van der Waals surface area contributed by atoms with Gasteiger partial charge in [-0.1, -0.05) is 24.3 Å². The van der Waals surface area contributed by atoms with Crippen molar-refractivity contribution in [3.8, 4) is 11.5 Å². The second-order valence-electron chi connectivity index (χ2n) is 3.83. The topological polar surface area (TPSA) is 61.0 Å². The maximum atomic E-state index is 5.81. The van der Waals surface area contributed by atoms with Crippen LogP contribution < -0.4 is 10.5 Å². The summed E-state index contributed by atoms with van der Waals surface area (Å²) in [6.07, 6.45) is 1.68. The number of benzene rings is 2. The highest BCUT2D eigenvalue weighted by molar-refractivity contribution is 5.85. The Morgan fingerprint density at radius 2 is 1.78 bits per heavy atom. The zero-order valence-corrected chi connectivity index (χ0v) is 9.58. The number of hydrogen-bond acceptors (Lipinski definition) is 4. The number of rotatable bonds is 2. The van der Waals surface area contributed by atoms with Crippen molar-refractivity contribution in [2.75, 3.05) is 5.73 Å². The van der Waals surface area contributed by atoms with E-state index in [1.54, 1.807) is 6.20 Å². The van der Waals surface area contributed by atoms with Gasteiger partial charge in [0.15, 0.2) is 0 Å². The molecule has 0 atom stereocenters. The van der Waals surface area contributed by atoms with Crippen LogP contribution in [-0.2, 0) is 0 Å². The Kier molecular flexibility index (Phi) is 2.53. The molecule has 0 unspecified atom stereocenters. The lowest BCUT2D eigenvalue weighted by Crippen LogP contribution is -1.95. The normalized spacial score (nSPS) is 10.4. The van der Waals surface area contributed by atoms with Crippen LogP contribution in [0, 0.1) is 0 Å². The van der Waals surface area contributed by atoms with E-state index in [0.717, 1.165) is 22.4 Å². The van der Waals surface area contributed by atoms with E-state index >= 15 is 0 Å². The number of ether oxygens (including phenoxy) is 1. The van der Waals surface area contributed by atoms with E-state index in [9.17, 15) is 0 Å². The summed E-state index contributed by atoms with van der Waals surface area (Å²) in [6, 6.07) is 15.2. The first kappa shape index (κ1) is 10.5. The van der Waals surface area contributed by atoms with Crippen molar-refractivity contribution in [2.24, 2.45) is 0 Å². The molecular formula is C14H11N3O. The van der Waals surface area contributed by atoms with Gasteiger partial charge < -0.3 is 10.5 Å². The maximum Gasteiger partial charge on any atom is 0.220 e. The summed E-state index contributed by atoms with van der Waals surface area (Å²) in [4.78, 5) is 8.16. The van der Waals surface area contributed by atoms with E-state index in [-0.39, 0.29) is 5.95 Å². The molecule has 0 radical (unpaired) electrons. The van der Waals surface area contributed by atoms with E-state index in [4.69, 9.17) is 10.5 Å². The van der Waals surface area contributed by atoms with Gasteiger partial charge >= 0.3 is 0 Å². The van der Waals surface area contributed by atoms with Gasteiger partial charge in [-0.2, -0.15) is 0 Å². The molecule has 3 rings (SSSR count). The number of fused-ring (bicyclic) bond motifs is 1. The second kappa shape index (κ2) is 4.33. The molecule has 0 aliphatic heterocycles. The third-order valence-corrected chi connectivity index (χ3v) is 2.58. The van der Waals surface area contributed by atoms with Crippen LogP contribution in [0.1, 0.15) is 0 Å². The first-order valence-electron chi connectivity index (χ1n) is 5.57. The van der Waals surface area contributed by atoms with E-state index in [1.807, 2.05) is 48.5 Å². The number of aromatic nitrogens is 2. The van der Waals surface area contributed by atoms with Crippen molar-refractivity contribution in [1.29, 1.82) is 0 Å². The molecule has 2 N–H and O–H groups in total. The molecule has 3 aromatic rings. The van der Waals surface area contributed by atoms with Gasteiger partial charge in [-0.05, 0) is 24.3 Å². The molecule has 0 fully saturated rings. The Balaban J connectivity index is 2.07. The van der Waals surface area contributed by atoms with E-state index in [0.29, 0.717) is 0 Å². The van der Waals surface area contributed by atoms with Crippen LogP contribution in [0.25, 0.3) is 10.9 Å². The molecule has 18 heavy (non-hydrogen) atoms. The van der Waals surface area contributed by atoms with Crippen molar-refractivity contribution < 1.29 is 4.74 Å². The lowest BCUT2D eigenvalue weighted by atomic mass is 10.2. The fourth-order valence-corrected chi connectivity index (χ4v) is 1.75. The summed E-state index contributed by atoms with van der Waals surface area (Å²) >= 11 is 0. The van der Waals surface area contributed by atoms with E-state index < -0.39 is 0 Å². The first-order chi connectivity index (χ1) is 8.83. The lowest BCUT2D eigenvalue weighted by Gasteiger charge is -2.08. The monoisotopic (exact) mass is 237 g/mol. The molecule has 0 aliphatic carbocycles. The molecule has 0 bridgehead atoms. The molecule has 0 saturated heterocycles. The third kappa shape index (κ3) is 1.96. The molecule has 4 nitrogen and oxygen atoms in total. The highest BCUT2D eigenvalue weighted by Crippen LogP contribution is 2.28. The predicted octanol–water partition coefficient (Wildman–Crippen LogP) is 3.00. The highest BCUT2D eigenvalue weighted by atomic mass is 16.5. The lowest BCUT2D eigenvalue weighted by molar-refractivity contribution is 0.488. The fourth-order valence-electron chi connectivity index (χ4n) is 1.75. The molecule has 88 valence electrons. The summed E-state index contributed by atoms with van der Waals surface area (Å²) in [5.41, 5.74) is 6.34. The van der Waals surface area contributed by atoms with Crippen LogP contribution in [-0.4, -0.2) is 9.97 Å². The molecule has 1 heterocycles. The molecule has 0 aliphatic rings. The number of nitrogens with zero attached hydrogens (tertiary/aromatic N) is 2. The Labute approximate surface area is 104 Å².